The van der Waals surface area contributed by atoms with Crippen molar-refractivity contribution in [2.45, 2.75) is 17.7 Å². The fourth-order valence-electron chi connectivity index (χ4n) is 1.12. The molecule has 1 N–H and O–H groups in total. The molecule has 0 amide bonds. The quantitative estimate of drug-likeness (QED) is 0.601. The maximum Gasteiger partial charge on any atom is 0.307 e. The third-order valence-electron chi connectivity index (χ3n) is 1.83. The highest BCUT2D eigenvalue weighted by molar-refractivity contribution is 7.99. The maximum atomic E-state index is 11.8. The standard InChI is InChI=1S/C11H13FO2S/c12-6-1-7-15-10-4-2-9(3-5-10)8-11(13)14/h2-5H,1,6-8H2,(H,13,14). The summed E-state index contributed by atoms with van der Waals surface area (Å²) >= 11 is 1.59. The molecule has 0 saturated heterocycles. The van der Waals surface area contributed by atoms with Gasteiger partial charge < -0.3 is 5.11 Å². The van der Waals surface area contributed by atoms with Crippen LogP contribution in [0.2, 0.25) is 0 Å². The van der Waals surface area contributed by atoms with Crippen LogP contribution in [0.5, 0.6) is 0 Å². The molecule has 1 rings (SSSR count). The number of aliphatic carboxylic acids is 1. The van der Waals surface area contributed by atoms with E-state index in [4.69, 9.17) is 5.11 Å². The molecule has 1 aromatic carbocycles. The fraction of sp³-hybridized carbons (Fsp3) is 0.364. The van der Waals surface area contributed by atoms with Crippen LogP contribution in [0.15, 0.2) is 29.2 Å². The van der Waals surface area contributed by atoms with Crippen molar-refractivity contribution in [3.63, 3.8) is 0 Å². The second-order valence-corrected chi connectivity index (χ2v) is 4.27. The van der Waals surface area contributed by atoms with Gasteiger partial charge in [-0.05, 0) is 24.1 Å². The van der Waals surface area contributed by atoms with Crippen molar-refractivity contribution >= 4 is 17.7 Å². The minimum absolute atomic E-state index is 0.0510. The van der Waals surface area contributed by atoms with Gasteiger partial charge in [0.1, 0.15) is 0 Å². The smallest absolute Gasteiger partial charge is 0.307 e. The van der Waals surface area contributed by atoms with Gasteiger partial charge in [-0.2, -0.15) is 0 Å². The zero-order valence-electron chi connectivity index (χ0n) is 8.28. The normalized spacial score (nSPS) is 10.2. The topological polar surface area (TPSA) is 37.3 Å². The minimum atomic E-state index is -0.826. The molecule has 0 heterocycles. The molecule has 0 fully saturated rings. The van der Waals surface area contributed by atoms with Crippen molar-refractivity contribution in [1.29, 1.82) is 0 Å². The average Bonchev–Trinajstić information content (AvgIpc) is 2.20. The number of carboxylic acids is 1. The van der Waals surface area contributed by atoms with E-state index in [1.807, 2.05) is 12.1 Å². The highest BCUT2D eigenvalue weighted by Crippen LogP contribution is 2.19. The molecule has 82 valence electrons. The van der Waals surface area contributed by atoms with Crippen LogP contribution in [0, 0.1) is 0 Å². The van der Waals surface area contributed by atoms with E-state index in [-0.39, 0.29) is 13.1 Å². The monoisotopic (exact) mass is 228 g/mol. The predicted octanol–water partition coefficient (Wildman–Crippen LogP) is 2.77. The first-order valence-corrected chi connectivity index (χ1v) is 5.70. The maximum absolute atomic E-state index is 11.8. The lowest BCUT2D eigenvalue weighted by atomic mass is 10.2. The molecule has 0 bridgehead atoms. The molecule has 0 aliphatic rings. The Morgan fingerprint density at radius 2 is 2.00 bits per heavy atom. The Kier molecular flexibility index (Phi) is 5.18. The van der Waals surface area contributed by atoms with Crippen molar-refractivity contribution in [3.8, 4) is 0 Å². The third-order valence-corrected chi connectivity index (χ3v) is 2.92. The average molecular weight is 228 g/mol. The number of thioether (sulfide) groups is 1. The van der Waals surface area contributed by atoms with Crippen LogP contribution in [0.3, 0.4) is 0 Å². The molecule has 0 unspecified atom stereocenters. The van der Waals surface area contributed by atoms with Gasteiger partial charge in [0.05, 0.1) is 13.1 Å². The summed E-state index contributed by atoms with van der Waals surface area (Å²) in [6.07, 6.45) is 0.608. The zero-order chi connectivity index (χ0) is 11.1. The van der Waals surface area contributed by atoms with Crippen molar-refractivity contribution < 1.29 is 14.3 Å². The molecule has 0 aliphatic heterocycles. The Morgan fingerprint density at radius 1 is 1.33 bits per heavy atom. The van der Waals surface area contributed by atoms with Gasteiger partial charge in [-0.15, -0.1) is 11.8 Å². The molecule has 2 nitrogen and oxygen atoms in total. The van der Waals surface area contributed by atoms with E-state index in [1.54, 1.807) is 23.9 Å². The number of halogens is 1. The van der Waals surface area contributed by atoms with E-state index in [9.17, 15) is 9.18 Å². The number of benzene rings is 1. The number of rotatable bonds is 6. The summed E-state index contributed by atoms with van der Waals surface area (Å²) in [7, 11) is 0. The van der Waals surface area contributed by atoms with Gasteiger partial charge in [-0.25, -0.2) is 0 Å². The molecular weight excluding hydrogens is 215 g/mol. The first-order chi connectivity index (χ1) is 7.22. The van der Waals surface area contributed by atoms with Gasteiger partial charge in [0.15, 0.2) is 0 Å². The van der Waals surface area contributed by atoms with E-state index < -0.39 is 5.97 Å². The Bertz CT molecular complexity index is 311. The van der Waals surface area contributed by atoms with E-state index in [1.165, 1.54) is 0 Å². The summed E-state index contributed by atoms with van der Waals surface area (Å²) < 4.78 is 11.8. The van der Waals surface area contributed by atoms with Crippen LogP contribution in [-0.2, 0) is 11.2 Å². The largest absolute Gasteiger partial charge is 0.481 e. The number of hydrogen-bond acceptors (Lipinski definition) is 2. The van der Waals surface area contributed by atoms with Gasteiger partial charge >= 0.3 is 5.97 Å². The van der Waals surface area contributed by atoms with E-state index in [2.05, 4.69) is 0 Å². The second kappa shape index (κ2) is 6.45. The first-order valence-electron chi connectivity index (χ1n) is 4.72. The van der Waals surface area contributed by atoms with Crippen molar-refractivity contribution in [2.75, 3.05) is 12.4 Å². The SMILES string of the molecule is O=C(O)Cc1ccc(SCCCF)cc1. The summed E-state index contributed by atoms with van der Waals surface area (Å²) in [4.78, 5) is 11.5. The zero-order valence-corrected chi connectivity index (χ0v) is 9.10. The van der Waals surface area contributed by atoms with Crippen LogP contribution >= 0.6 is 11.8 Å². The molecule has 0 atom stereocenters. The summed E-state index contributed by atoms with van der Waals surface area (Å²) in [6.45, 7) is -0.288. The summed E-state index contributed by atoms with van der Waals surface area (Å²) in [5, 5.41) is 8.56. The Hall–Kier alpha value is -1.03. The van der Waals surface area contributed by atoms with Crippen LogP contribution < -0.4 is 0 Å². The third kappa shape index (κ3) is 4.83. The lowest BCUT2D eigenvalue weighted by Gasteiger charge is -2.01. The van der Waals surface area contributed by atoms with Gasteiger partial charge in [-0.1, -0.05) is 12.1 Å². The molecule has 0 aliphatic carbocycles. The second-order valence-electron chi connectivity index (χ2n) is 3.11. The van der Waals surface area contributed by atoms with E-state index >= 15 is 0 Å². The van der Waals surface area contributed by atoms with Crippen LogP contribution in [0.25, 0.3) is 0 Å². The molecular formula is C11H13FO2S. The molecule has 4 heteroatoms. The molecule has 15 heavy (non-hydrogen) atoms. The lowest BCUT2D eigenvalue weighted by Crippen LogP contribution is -1.99. The Morgan fingerprint density at radius 3 is 2.53 bits per heavy atom. The van der Waals surface area contributed by atoms with Crippen molar-refractivity contribution in [3.05, 3.63) is 29.8 Å². The summed E-state index contributed by atoms with van der Waals surface area (Å²) in [5.41, 5.74) is 0.789. The van der Waals surface area contributed by atoms with Crippen LogP contribution in [-0.4, -0.2) is 23.5 Å². The van der Waals surface area contributed by atoms with Gasteiger partial charge in [0, 0.05) is 10.6 Å². The Labute approximate surface area is 92.5 Å². The highest BCUT2D eigenvalue weighted by atomic mass is 32.2. The predicted molar refractivity (Wildman–Crippen MR) is 59.1 cm³/mol. The molecule has 1 aromatic rings. The van der Waals surface area contributed by atoms with Crippen LogP contribution in [0.4, 0.5) is 4.39 Å². The summed E-state index contributed by atoms with van der Waals surface area (Å²) in [6, 6.07) is 7.35. The van der Waals surface area contributed by atoms with Gasteiger partial charge in [0.2, 0.25) is 0 Å². The van der Waals surface area contributed by atoms with Crippen molar-refractivity contribution in [2.24, 2.45) is 0 Å². The number of hydrogen-bond donors (Lipinski definition) is 1. The molecule has 0 saturated carbocycles. The van der Waals surface area contributed by atoms with Gasteiger partial charge in [0.25, 0.3) is 0 Å². The Balaban J connectivity index is 2.45. The van der Waals surface area contributed by atoms with Crippen molar-refractivity contribution in [1.82, 2.24) is 0 Å². The number of alkyl halides is 1. The fourth-order valence-corrected chi connectivity index (χ4v) is 1.94. The number of carboxylic acid groups (broad SMARTS) is 1. The minimum Gasteiger partial charge on any atom is -0.481 e. The van der Waals surface area contributed by atoms with E-state index in [0.29, 0.717) is 6.42 Å². The number of carbonyl (C=O) groups is 1. The highest BCUT2D eigenvalue weighted by Gasteiger charge is 2.00. The first kappa shape index (κ1) is 12.0. The summed E-state index contributed by atoms with van der Waals surface area (Å²) in [5.74, 6) is -0.0674. The van der Waals surface area contributed by atoms with E-state index in [0.717, 1.165) is 16.2 Å². The molecule has 0 spiro atoms. The van der Waals surface area contributed by atoms with Gasteiger partial charge in [-0.3, -0.25) is 9.18 Å². The molecule has 0 aromatic heterocycles. The van der Waals surface area contributed by atoms with Crippen LogP contribution in [0.1, 0.15) is 12.0 Å². The molecule has 0 radical (unpaired) electrons. The lowest BCUT2D eigenvalue weighted by molar-refractivity contribution is -0.136.